The van der Waals surface area contributed by atoms with E-state index in [1.54, 1.807) is 18.0 Å². The van der Waals surface area contributed by atoms with Crippen LogP contribution in [0.25, 0.3) is 11.0 Å². The lowest BCUT2D eigenvalue weighted by Gasteiger charge is -2.27. The number of ether oxygens (including phenoxy) is 1. The first kappa shape index (κ1) is 15.7. The zero-order valence-corrected chi connectivity index (χ0v) is 13.2. The molecule has 0 saturated heterocycles. The molecule has 7 heteroatoms. The largest absolute Gasteiger partial charge is 0.383 e. The van der Waals surface area contributed by atoms with E-state index in [0.29, 0.717) is 25.0 Å². The fourth-order valence-electron chi connectivity index (χ4n) is 2.27. The highest BCUT2D eigenvalue weighted by Gasteiger charge is 2.16. The molecule has 0 amide bonds. The Kier molecular flexibility index (Phi) is 5.08. The van der Waals surface area contributed by atoms with Crippen molar-refractivity contribution >= 4 is 16.9 Å². The van der Waals surface area contributed by atoms with Gasteiger partial charge in [-0.3, -0.25) is 9.58 Å². The number of hydrogen-bond donors (Lipinski definition) is 1. The molecule has 0 saturated carbocycles. The van der Waals surface area contributed by atoms with E-state index in [1.807, 2.05) is 7.05 Å². The number of anilines is 1. The zero-order valence-electron chi connectivity index (χ0n) is 13.2. The van der Waals surface area contributed by atoms with Crippen LogP contribution in [0.5, 0.6) is 0 Å². The van der Waals surface area contributed by atoms with Gasteiger partial charge in [-0.05, 0) is 13.3 Å². The molecule has 116 valence electrons. The summed E-state index contributed by atoms with van der Waals surface area (Å²) in [6, 6.07) is 0.437. The van der Waals surface area contributed by atoms with Gasteiger partial charge in [-0.1, -0.05) is 6.92 Å². The van der Waals surface area contributed by atoms with E-state index in [2.05, 4.69) is 33.8 Å². The van der Waals surface area contributed by atoms with Crippen molar-refractivity contribution in [3.8, 4) is 0 Å². The third-order valence-electron chi connectivity index (χ3n) is 3.81. The highest BCUT2D eigenvalue weighted by molar-refractivity contribution is 5.84. The summed E-state index contributed by atoms with van der Waals surface area (Å²) in [4.78, 5) is 11.3. The van der Waals surface area contributed by atoms with Crippen molar-refractivity contribution in [2.45, 2.75) is 32.9 Å². The van der Waals surface area contributed by atoms with Crippen LogP contribution < -0.4 is 5.73 Å². The maximum absolute atomic E-state index is 6.01. The highest BCUT2D eigenvalue weighted by atomic mass is 16.5. The van der Waals surface area contributed by atoms with Gasteiger partial charge >= 0.3 is 0 Å². The van der Waals surface area contributed by atoms with E-state index >= 15 is 0 Å². The number of fused-ring (bicyclic) bond motifs is 1. The number of hydrogen-bond acceptors (Lipinski definition) is 6. The van der Waals surface area contributed by atoms with E-state index in [-0.39, 0.29) is 0 Å². The molecule has 0 aliphatic carbocycles. The molecule has 7 nitrogen and oxygen atoms in total. The van der Waals surface area contributed by atoms with E-state index in [1.165, 1.54) is 0 Å². The maximum Gasteiger partial charge on any atom is 0.163 e. The van der Waals surface area contributed by atoms with Gasteiger partial charge in [0.2, 0.25) is 0 Å². The Morgan fingerprint density at radius 1 is 1.43 bits per heavy atom. The van der Waals surface area contributed by atoms with Crippen LogP contribution in [0.1, 0.15) is 26.1 Å². The summed E-state index contributed by atoms with van der Waals surface area (Å²) in [5.41, 5.74) is 6.78. The van der Waals surface area contributed by atoms with E-state index < -0.39 is 0 Å². The Morgan fingerprint density at radius 2 is 2.19 bits per heavy atom. The van der Waals surface area contributed by atoms with Crippen molar-refractivity contribution in [1.29, 1.82) is 0 Å². The summed E-state index contributed by atoms with van der Waals surface area (Å²) in [5, 5.41) is 4.98. The van der Waals surface area contributed by atoms with Gasteiger partial charge in [-0.15, -0.1) is 0 Å². The predicted molar refractivity (Wildman–Crippen MR) is 82.8 cm³/mol. The van der Waals surface area contributed by atoms with Crippen molar-refractivity contribution in [3.05, 3.63) is 12.0 Å². The van der Waals surface area contributed by atoms with Crippen LogP contribution in [0.15, 0.2) is 6.20 Å². The molecule has 0 bridgehead atoms. The first-order valence-corrected chi connectivity index (χ1v) is 7.23. The molecule has 21 heavy (non-hydrogen) atoms. The highest BCUT2D eigenvalue weighted by Crippen LogP contribution is 2.17. The summed E-state index contributed by atoms with van der Waals surface area (Å²) in [7, 11) is 3.57. The molecule has 2 N–H and O–H groups in total. The van der Waals surface area contributed by atoms with Crippen molar-refractivity contribution in [2.24, 2.45) is 7.05 Å². The number of nitrogens with two attached hydrogens (primary N) is 1. The third kappa shape index (κ3) is 3.48. The van der Waals surface area contributed by atoms with Gasteiger partial charge in [-0.25, -0.2) is 9.97 Å². The Labute approximate surface area is 125 Å². The number of nitrogens with zero attached hydrogens (tertiary/aromatic N) is 5. The number of rotatable bonds is 7. The molecule has 0 aliphatic rings. The lowest BCUT2D eigenvalue weighted by Crippen LogP contribution is -2.35. The van der Waals surface area contributed by atoms with Crippen molar-refractivity contribution in [2.75, 3.05) is 26.0 Å². The molecule has 1 atom stereocenters. The topological polar surface area (TPSA) is 82.1 Å². The standard InChI is InChI=1S/C14H24N6O/c1-5-10(2)20(6-7-21-4)9-12-17-13(15)11-8-16-19(3)14(11)18-12/h8,10H,5-7,9H2,1-4H3,(H2,15,17,18). The van der Waals surface area contributed by atoms with Crippen LogP contribution in [-0.2, 0) is 18.3 Å². The van der Waals surface area contributed by atoms with Crippen LogP contribution in [0.2, 0.25) is 0 Å². The second-order valence-electron chi connectivity index (χ2n) is 5.25. The minimum Gasteiger partial charge on any atom is -0.383 e. The minimum atomic E-state index is 0.437. The molecule has 2 rings (SSSR count). The van der Waals surface area contributed by atoms with Crippen molar-refractivity contribution in [1.82, 2.24) is 24.6 Å². The van der Waals surface area contributed by atoms with E-state index in [4.69, 9.17) is 10.5 Å². The average molecular weight is 292 g/mol. The molecule has 1 unspecified atom stereocenters. The Hall–Kier alpha value is -1.73. The van der Waals surface area contributed by atoms with Crippen LogP contribution in [0.4, 0.5) is 5.82 Å². The Morgan fingerprint density at radius 3 is 2.86 bits per heavy atom. The molecule has 0 aliphatic heterocycles. The van der Waals surface area contributed by atoms with Gasteiger partial charge in [-0.2, -0.15) is 5.10 Å². The number of aromatic nitrogens is 4. The lowest BCUT2D eigenvalue weighted by atomic mass is 10.2. The molecule has 2 heterocycles. The van der Waals surface area contributed by atoms with Crippen LogP contribution in [-0.4, -0.2) is 51.0 Å². The molecule has 0 aromatic carbocycles. The quantitative estimate of drug-likeness (QED) is 0.825. The van der Waals surface area contributed by atoms with Crippen molar-refractivity contribution < 1.29 is 4.74 Å². The molecule has 0 radical (unpaired) electrons. The summed E-state index contributed by atoms with van der Waals surface area (Å²) in [5.74, 6) is 1.21. The SMILES string of the molecule is CCC(C)N(CCOC)Cc1nc(N)c2cnn(C)c2n1. The Balaban J connectivity index is 2.25. The van der Waals surface area contributed by atoms with Crippen LogP contribution >= 0.6 is 0 Å². The van der Waals surface area contributed by atoms with Gasteiger partial charge < -0.3 is 10.5 Å². The first-order chi connectivity index (χ1) is 10.1. The summed E-state index contributed by atoms with van der Waals surface area (Å²) >= 11 is 0. The normalized spacial score (nSPS) is 13.2. The van der Waals surface area contributed by atoms with Crippen molar-refractivity contribution in [3.63, 3.8) is 0 Å². The number of aryl methyl sites for hydroxylation is 1. The molecule has 0 fully saturated rings. The molecule has 2 aromatic heterocycles. The van der Waals surface area contributed by atoms with E-state index in [0.717, 1.165) is 29.8 Å². The minimum absolute atomic E-state index is 0.437. The second kappa shape index (κ2) is 6.82. The van der Waals surface area contributed by atoms with Gasteiger partial charge in [0.15, 0.2) is 5.65 Å². The van der Waals surface area contributed by atoms with E-state index in [9.17, 15) is 0 Å². The summed E-state index contributed by atoms with van der Waals surface area (Å²) in [6.45, 7) is 6.56. The van der Waals surface area contributed by atoms with Crippen LogP contribution in [0, 0.1) is 0 Å². The zero-order chi connectivity index (χ0) is 15.4. The first-order valence-electron chi connectivity index (χ1n) is 7.23. The van der Waals surface area contributed by atoms with Crippen LogP contribution in [0.3, 0.4) is 0 Å². The lowest BCUT2D eigenvalue weighted by molar-refractivity contribution is 0.116. The fraction of sp³-hybridized carbons (Fsp3) is 0.643. The van der Waals surface area contributed by atoms with Gasteiger partial charge in [0, 0.05) is 26.7 Å². The third-order valence-corrected chi connectivity index (χ3v) is 3.81. The predicted octanol–water partition coefficient (Wildman–Crippen LogP) is 1.19. The summed E-state index contributed by atoms with van der Waals surface area (Å²) in [6.07, 6.45) is 2.76. The number of methoxy groups -OCH3 is 1. The second-order valence-corrected chi connectivity index (χ2v) is 5.25. The molecule has 2 aromatic rings. The average Bonchev–Trinajstić information content (AvgIpc) is 2.85. The maximum atomic E-state index is 6.01. The van der Waals surface area contributed by atoms with Gasteiger partial charge in [0.25, 0.3) is 0 Å². The smallest absolute Gasteiger partial charge is 0.163 e. The van der Waals surface area contributed by atoms with Gasteiger partial charge in [0.05, 0.1) is 24.7 Å². The number of nitrogen functional groups attached to an aromatic ring is 1. The van der Waals surface area contributed by atoms with Gasteiger partial charge in [0.1, 0.15) is 11.6 Å². The molecular formula is C14H24N6O. The fourth-order valence-corrected chi connectivity index (χ4v) is 2.27. The monoisotopic (exact) mass is 292 g/mol. The molecular weight excluding hydrogens is 268 g/mol. The Bertz CT molecular complexity index is 596. The molecule has 0 spiro atoms. The summed E-state index contributed by atoms with van der Waals surface area (Å²) < 4.78 is 6.91.